The molecular formula is C28H32N2O4. The minimum Gasteiger partial charge on any atom is -0.497 e. The minimum absolute atomic E-state index is 0.0583. The first-order valence-corrected chi connectivity index (χ1v) is 12.1. The maximum atomic E-state index is 12.8. The van der Waals surface area contributed by atoms with Crippen molar-refractivity contribution in [2.45, 2.75) is 57.8 Å². The Morgan fingerprint density at radius 2 is 1.82 bits per heavy atom. The molecule has 1 heterocycles. The predicted molar refractivity (Wildman–Crippen MR) is 129 cm³/mol. The number of nitrogens with zero attached hydrogens (tertiary/aromatic N) is 1. The highest BCUT2D eigenvalue weighted by Crippen LogP contribution is 2.44. The number of nitrogens with two attached hydrogens (primary N) is 1. The molecule has 2 aliphatic rings. The van der Waals surface area contributed by atoms with Crippen LogP contribution in [0.15, 0.2) is 53.9 Å². The molecule has 0 spiro atoms. The van der Waals surface area contributed by atoms with Gasteiger partial charge in [0.25, 0.3) is 0 Å². The molecule has 0 bridgehead atoms. The first-order chi connectivity index (χ1) is 16.5. The standard InChI is InChI=1S/C28H32N2O4/c1-3-4-5-18-6-8-20(9-7-18)28(31)33-22-14-15-23-25(16-22)34-27(30)24(17-29)26(23)19-10-12-21(32-2)13-11-19/h10-16,18,20,26H,3-9,30H2,1-2H3. The van der Waals surface area contributed by atoms with E-state index in [2.05, 4.69) is 13.0 Å². The number of esters is 1. The molecule has 0 amide bonds. The van der Waals surface area contributed by atoms with Gasteiger partial charge in [-0.05, 0) is 55.4 Å². The van der Waals surface area contributed by atoms with Crippen LogP contribution < -0.4 is 19.9 Å². The van der Waals surface area contributed by atoms with Crippen LogP contribution in [0.1, 0.15) is 68.9 Å². The Labute approximate surface area is 201 Å². The zero-order valence-corrected chi connectivity index (χ0v) is 19.9. The third-order valence-corrected chi connectivity index (χ3v) is 7.00. The van der Waals surface area contributed by atoms with E-state index < -0.39 is 0 Å². The van der Waals surface area contributed by atoms with Gasteiger partial charge in [0.15, 0.2) is 0 Å². The topological polar surface area (TPSA) is 94.6 Å². The number of carbonyl (C=O) groups excluding carboxylic acids is 1. The molecule has 1 saturated carbocycles. The fourth-order valence-corrected chi connectivity index (χ4v) is 5.02. The van der Waals surface area contributed by atoms with Crippen LogP contribution in [-0.2, 0) is 4.79 Å². The lowest BCUT2D eigenvalue weighted by Crippen LogP contribution is -2.26. The van der Waals surface area contributed by atoms with Crippen molar-refractivity contribution >= 4 is 5.97 Å². The second-order valence-corrected chi connectivity index (χ2v) is 9.18. The first-order valence-electron chi connectivity index (χ1n) is 12.1. The van der Waals surface area contributed by atoms with Crippen LogP contribution in [0.5, 0.6) is 17.2 Å². The molecule has 1 aliphatic carbocycles. The lowest BCUT2D eigenvalue weighted by molar-refractivity contribution is -0.140. The number of carbonyl (C=O) groups is 1. The summed E-state index contributed by atoms with van der Waals surface area (Å²) in [7, 11) is 1.61. The van der Waals surface area contributed by atoms with Gasteiger partial charge in [-0.15, -0.1) is 0 Å². The smallest absolute Gasteiger partial charge is 0.314 e. The van der Waals surface area contributed by atoms with E-state index in [1.807, 2.05) is 30.3 Å². The number of rotatable bonds is 7. The number of fused-ring (bicyclic) bond motifs is 1. The van der Waals surface area contributed by atoms with Gasteiger partial charge in [-0.1, -0.05) is 44.4 Å². The molecule has 1 unspecified atom stereocenters. The largest absolute Gasteiger partial charge is 0.497 e. The van der Waals surface area contributed by atoms with Gasteiger partial charge in [0.2, 0.25) is 5.88 Å². The average molecular weight is 461 g/mol. The van der Waals surface area contributed by atoms with Crippen molar-refractivity contribution in [1.82, 2.24) is 0 Å². The molecule has 34 heavy (non-hydrogen) atoms. The lowest BCUT2D eigenvalue weighted by atomic mass is 9.80. The summed E-state index contributed by atoms with van der Waals surface area (Å²) < 4.78 is 16.8. The summed E-state index contributed by atoms with van der Waals surface area (Å²) in [5, 5.41) is 9.74. The van der Waals surface area contributed by atoms with E-state index in [9.17, 15) is 10.1 Å². The van der Waals surface area contributed by atoms with Crippen LogP contribution >= 0.6 is 0 Å². The van der Waals surface area contributed by atoms with E-state index in [4.69, 9.17) is 19.9 Å². The Morgan fingerprint density at radius 3 is 2.47 bits per heavy atom. The van der Waals surface area contributed by atoms with Crippen LogP contribution in [0.3, 0.4) is 0 Å². The Bertz CT molecular complexity index is 1090. The number of hydrogen-bond acceptors (Lipinski definition) is 6. The van der Waals surface area contributed by atoms with Crippen LogP contribution in [0, 0.1) is 23.2 Å². The Morgan fingerprint density at radius 1 is 1.12 bits per heavy atom. The summed E-state index contributed by atoms with van der Waals surface area (Å²) in [6.07, 6.45) is 7.69. The average Bonchev–Trinajstić information content (AvgIpc) is 2.87. The van der Waals surface area contributed by atoms with Gasteiger partial charge in [-0.2, -0.15) is 5.26 Å². The van der Waals surface area contributed by atoms with Gasteiger partial charge in [-0.3, -0.25) is 4.79 Å². The number of allylic oxidation sites excluding steroid dienone is 1. The summed E-state index contributed by atoms with van der Waals surface area (Å²) in [6.45, 7) is 2.22. The van der Waals surface area contributed by atoms with Gasteiger partial charge >= 0.3 is 5.97 Å². The number of methoxy groups -OCH3 is 1. The van der Waals surface area contributed by atoms with Gasteiger partial charge in [-0.25, -0.2) is 0 Å². The molecule has 2 aromatic rings. The minimum atomic E-state index is -0.372. The van der Waals surface area contributed by atoms with Crippen molar-refractivity contribution in [3.8, 4) is 23.3 Å². The van der Waals surface area contributed by atoms with Crippen molar-refractivity contribution in [2.24, 2.45) is 17.6 Å². The van der Waals surface area contributed by atoms with Crippen LogP contribution in [0.4, 0.5) is 0 Å². The van der Waals surface area contributed by atoms with E-state index >= 15 is 0 Å². The number of unbranched alkanes of at least 4 members (excludes halogenated alkanes) is 1. The Kier molecular flexibility index (Phi) is 7.42. The van der Waals surface area contributed by atoms with Crippen molar-refractivity contribution in [3.05, 3.63) is 65.0 Å². The number of ether oxygens (including phenoxy) is 3. The van der Waals surface area contributed by atoms with E-state index in [1.165, 1.54) is 19.3 Å². The van der Waals surface area contributed by atoms with Gasteiger partial charge in [0.1, 0.15) is 28.9 Å². The Hall–Kier alpha value is -3.46. The maximum Gasteiger partial charge on any atom is 0.314 e. The maximum absolute atomic E-state index is 12.8. The highest BCUT2D eigenvalue weighted by atomic mass is 16.5. The van der Waals surface area contributed by atoms with E-state index in [-0.39, 0.29) is 23.7 Å². The second-order valence-electron chi connectivity index (χ2n) is 9.18. The van der Waals surface area contributed by atoms with Crippen LogP contribution in [0.2, 0.25) is 0 Å². The summed E-state index contributed by atoms with van der Waals surface area (Å²) in [4.78, 5) is 12.8. The molecule has 1 aliphatic heterocycles. The normalized spacial score (nSPS) is 21.7. The predicted octanol–water partition coefficient (Wildman–Crippen LogP) is 5.82. The van der Waals surface area contributed by atoms with Gasteiger partial charge < -0.3 is 19.9 Å². The molecule has 4 rings (SSSR count). The third kappa shape index (κ3) is 5.04. The summed E-state index contributed by atoms with van der Waals surface area (Å²) >= 11 is 0. The SMILES string of the molecule is CCCCC1CCC(C(=O)Oc2ccc3c(c2)OC(N)=C(C#N)C3c2ccc(OC)cc2)CC1. The molecule has 0 saturated heterocycles. The van der Waals surface area contributed by atoms with E-state index in [0.29, 0.717) is 17.1 Å². The van der Waals surface area contributed by atoms with Gasteiger partial charge in [0, 0.05) is 11.6 Å². The summed E-state index contributed by atoms with van der Waals surface area (Å²) in [6, 6.07) is 15.0. The molecule has 0 radical (unpaired) electrons. The second kappa shape index (κ2) is 10.6. The van der Waals surface area contributed by atoms with Crippen LogP contribution in [-0.4, -0.2) is 13.1 Å². The molecule has 1 atom stereocenters. The molecule has 2 aromatic carbocycles. The van der Waals surface area contributed by atoms with Crippen molar-refractivity contribution in [2.75, 3.05) is 7.11 Å². The lowest BCUT2D eigenvalue weighted by Gasteiger charge is -2.28. The number of benzene rings is 2. The van der Waals surface area contributed by atoms with Crippen LogP contribution in [0.25, 0.3) is 0 Å². The quantitative estimate of drug-likeness (QED) is 0.413. The van der Waals surface area contributed by atoms with Crippen molar-refractivity contribution < 1.29 is 19.0 Å². The zero-order valence-electron chi connectivity index (χ0n) is 19.9. The van der Waals surface area contributed by atoms with Gasteiger partial charge in [0.05, 0.1) is 18.9 Å². The molecule has 6 nitrogen and oxygen atoms in total. The van der Waals surface area contributed by atoms with E-state index in [0.717, 1.165) is 48.5 Å². The number of nitriles is 1. The Balaban J connectivity index is 1.50. The first kappa shape index (κ1) is 23.7. The summed E-state index contributed by atoms with van der Waals surface area (Å²) in [5.74, 6) is 1.83. The molecule has 1 fully saturated rings. The molecule has 0 aromatic heterocycles. The molecule has 6 heteroatoms. The number of hydrogen-bond donors (Lipinski definition) is 1. The highest BCUT2D eigenvalue weighted by molar-refractivity contribution is 5.75. The van der Waals surface area contributed by atoms with Crippen molar-refractivity contribution in [1.29, 1.82) is 5.26 Å². The zero-order chi connectivity index (χ0) is 24.1. The monoisotopic (exact) mass is 460 g/mol. The van der Waals surface area contributed by atoms with E-state index in [1.54, 1.807) is 19.2 Å². The third-order valence-electron chi connectivity index (χ3n) is 7.00. The summed E-state index contributed by atoms with van der Waals surface area (Å²) in [5.41, 5.74) is 8.15. The molecular weight excluding hydrogens is 428 g/mol. The highest BCUT2D eigenvalue weighted by Gasteiger charge is 2.32. The van der Waals surface area contributed by atoms with Crippen molar-refractivity contribution in [3.63, 3.8) is 0 Å². The molecule has 2 N–H and O–H groups in total. The molecule has 178 valence electrons. The fraction of sp³-hybridized carbons (Fsp3) is 0.429. The fourth-order valence-electron chi connectivity index (χ4n) is 5.02.